The van der Waals surface area contributed by atoms with Crippen molar-refractivity contribution in [3.63, 3.8) is 0 Å². The van der Waals surface area contributed by atoms with E-state index >= 15 is 0 Å². The minimum Gasteiger partial charge on any atom is -0.426 e. The van der Waals surface area contributed by atoms with Gasteiger partial charge in [0.2, 0.25) is 0 Å². The maximum atomic E-state index is 11.9. The third-order valence-electron chi connectivity index (χ3n) is 3.23. The maximum absolute atomic E-state index is 11.9. The van der Waals surface area contributed by atoms with E-state index in [0.29, 0.717) is 5.75 Å². The molecule has 0 saturated heterocycles. The average Bonchev–Trinajstić information content (AvgIpc) is 2.41. The summed E-state index contributed by atoms with van der Waals surface area (Å²) in [4.78, 5) is 11.9. The number of rotatable bonds is 8. The van der Waals surface area contributed by atoms with Crippen LogP contribution in [0.5, 0.6) is 5.75 Å². The summed E-state index contributed by atoms with van der Waals surface area (Å²) in [6.45, 7) is 7.13. The molecule has 19 heavy (non-hydrogen) atoms. The Morgan fingerprint density at radius 1 is 1.26 bits per heavy atom. The largest absolute Gasteiger partial charge is 0.426 e. The van der Waals surface area contributed by atoms with Gasteiger partial charge < -0.3 is 10.1 Å². The molecule has 0 aliphatic carbocycles. The van der Waals surface area contributed by atoms with Crippen LogP contribution in [0.3, 0.4) is 0 Å². The summed E-state index contributed by atoms with van der Waals surface area (Å²) in [6.07, 6.45) is 3.95. The molecule has 0 amide bonds. The summed E-state index contributed by atoms with van der Waals surface area (Å²) in [5.74, 6) is 0.491. The Bertz CT molecular complexity index is 386. The highest BCUT2D eigenvalue weighted by atomic mass is 16.5. The Labute approximate surface area is 116 Å². The van der Waals surface area contributed by atoms with Crippen molar-refractivity contribution in [2.45, 2.75) is 46.5 Å². The standard InChI is InChI=1S/C16H25NO2/c1-4-7-11-17-14-9-8-10-15(12-14)19-16(18)13(5-2)6-3/h8-10,12-13,17H,4-7,11H2,1-3H3. The quantitative estimate of drug-likeness (QED) is 0.433. The Morgan fingerprint density at radius 2 is 2.00 bits per heavy atom. The van der Waals surface area contributed by atoms with Crippen molar-refractivity contribution in [2.75, 3.05) is 11.9 Å². The number of benzene rings is 1. The van der Waals surface area contributed by atoms with E-state index in [1.54, 1.807) is 0 Å². The molecule has 0 atom stereocenters. The minimum absolute atomic E-state index is 0.00305. The van der Waals surface area contributed by atoms with Crippen LogP contribution < -0.4 is 10.1 Å². The smallest absolute Gasteiger partial charge is 0.314 e. The predicted molar refractivity (Wildman–Crippen MR) is 79.5 cm³/mol. The van der Waals surface area contributed by atoms with Gasteiger partial charge in [-0.1, -0.05) is 33.3 Å². The van der Waals surface area contributed by atoms with Crippen molar-refractivity contribution in [3.8, 4) is 5.75 Å². The Hall–Kier alpha value is -1.51. The van der Waals surface area contributed by atoms with Crippen molar-refractivity contribution in [1.29, 1.82) is 0 Å². The van der Waals surface area contributed by atoms with Gasteiger partial charge in [0.1, 0.15) is 5.75 Å². The van der Waals surface area contributed by atoms with Gasteiger partial charge in [-0.3, -0.25) is 4.79 Å². The molecule has 1 aromatic carbocycles. The van der Waals surface area contributed by atoms with E-state index in [9.17, 15) is 4.79 Å². The normalized spacial score (nSPS) is 10.5. The molecular weight excluding hydrogens is 238 g/mol. The number of carbonyl (C=O) groups is 1. The van der Waals surface area contributed by atoms with Crippen LogP contribution in [0.4, 0.5) is 5.69 Å². The van der Waals surface area contributed by atoms with Crippen molar-refractivity contribution in [2.24, 2.45) is 5.92 Å². The molecular formula is C16H25NO2. The lowest BCUT2D eigenvalue weighted by Crippen LogP contribution is -2.19. The third-order valence-corrected chi connectivity index (χ3v) is 3.23. The first kappa shape index (κ1) is 15.5. The number of ether oxygens (including phenoxy) is 1. The third kappa shape index (κ3) is 5.33. The molecule has 0 saturated carbocycles. The topological polar surface area (TPSA) is 38.3 Å². The van der Waals surface area contributed by atoms with Gasteiger partial charge in [0.25, 0.3) is 0 Å². The molecule has 0 aliphatic rings. The molecule has 1 rings (SSSR count). The fourth-order valence-electron chi connectivity index (χ4n) is 1.90. The van der Waals surface area contributed by atoms with Crippen LogP contribution in [0, 0.1) is 5.92 Å². The molecule has 0 fully saturated rings. The highest BCUT2D eigenvalue weighted by Crippen LogP contribution is 2.20. The molecule has 0 spiro atoms. The zero-order valence-corrected chi connectivity index (χ0v) is 12.2. The Balaban J connectivity index is 2.58. The second kappa shape index (κ2) is 8.57. The van der Waals surface area contributed by atoms with Gasteiger partial charge in [-0.05, 0) is 31.4 Å². The fourth-order valence-corrected chi connectivity index (χ4v) is 1.90. The van der Waals surface area contributed by atoms with E-state index < -0.39 is 0 Å². The summed E-state index contributed by atoms with van der Waals surface area (Å²) in [6, 6.07) is 7.61. The van der Waals surface area contributed by atoms with Crippen LogP contribution in [-0.4, -0.2) is 12.5 Å². The fraction of sp³-hybridized carbons (Fsp3) is 0.562. The predicted octanol–water partition coefficient (Wildman–Crippen LogP) is 4.24. The molecule has 3 heteroatoms. The number of hydrogen-bond acceptors (Lipinski definition) is 3. The van der Waals surface area contributed by atoms with Crippen molar-refractivity contribution >= 4 is 11.7 Å². The molecule has 0 heterocycles. The Morgan fingerprint density at radius 3 is 2.63 bits per heavy atom. The molecule has 0 bridgehead atoms. The maximum Gasteiger partial charge on any atom is 0.314 e. The van der Waals surface area contributed by atoms with Gasteiger partial charge in [0.15, 0.2) is 0 Å². The highest BCUT2D eigenvalue weighted by Gasteiger charge is 2.16. The van der Waals surface area contributed by atoms with Gasteiger partial charge in [-0.2, -0.15) is 0 Å². The van der Waals surface area contributed by atoms with E-state index in [4.69, 9.17) is 4.74 Å². The second-order valence-corrected chi connectivity index (χ2v) is 4.74. The van der Waals surface area contributed by atoms with Crippen LogP contribution in [0.25, 0.3) is 0 Å². The number of esters is 1. The molecule has 0 aromatic heterocycles. The molecule has 0 radical (unpaired) electrons. The highest BCUT2D eigenvalue weighted by molar-refractivity contribution is 5.75. The first-order chi connectivity index (χ1) is 9.21. The number of carbonyl (C=O) groups excluding carboxylic acids is 1. The minimum atomic E-state index is -0.129. The molecule has 1 aromatic rings. The first-order valence-electron chi connectivity index (χ1n) is 7.26. The van der Waals surface area contributed by atoms with E-state index in [1.165, 1.54) is 0 Å². The van der Waals surface area contributed by atoms with E-state index in [0.717, 1.165) is 37.9 Å². The van der Waals surface area contributed by atoms with Crippen LogP contribution in [0.2, 0.25) is 0 Å². The Kier molecular flexibility index (Phi) is 7.01. The zero-order valence-electron chi connectivity index (χ0n) is 12.2. The first-order valence-corrected chi connectivity index (χ1v) is 7.26. The van der Waals surface area contributed by atoms with Gasteiger partial charge >= 0.3 is 5.97 Å². The van der Waals surface area contributed by atoms with Crippen molar-refractivity contribution in [3.05, 3.63) is 24.3 Å². The number of hydrogen-bond donors (Lipinski definition) is 1. The average molecular weight is 263 g/mol. The van der Waals surface area contributed by atoms with E-state index in [1.807, 2.05) is 38.1 Å². The molecule has 3 nitrogen and oxygen atoms in total. The van der Waals surface area contributed by atoms with Gasteiger partial charge in [-0.15, -0.1) is 0 Å². The summed E-state index contributed by atoms with van der Waals surface area (Å²) >= 11 is 0. The monoisotopic (exact) mass is 263 g/mol. The van der Waals surface area contributed by atoms with Crippen LogP contribution >= 0.6 is 0 Å². The lowest BCUT2D eigenvalue weighted by molar-refractivity contribution is -0.139. The van der Waals surface area contributed by atoms with Crippen molar-refractivity contribution in [1.82, 2.24) is 0 Å². The van der Waals surface area contributed by atoms with Crippen LogP contribution in [0.15, 0.2) is 24.3 Å². The van der Waals surface area contributed by atoms with Crippen LogP contribution in [-0.2, 0) is 4.79 Å². The lowest BCUT2D eigenvalue weighted by Gasteiger charge is -2.12. The SMILES string of the molecule is CCCCNc1cccc(OC(=O)C(CC)CC)c1. The molecule has 0 aliphatic heterocycles. The van der Waals surface area contributed by atoms with Gasteiger partial charge in [-0.25, -0.2) is 0 Å². The molecule has 0 unspecified atom stereocenters. The summed E-state index contributed by atoms with van der Waals surface area (Å²) in [5.41, 5.74) is 1.00. The summed E-state index contributed by atoms with van der Waals surface area (Å²) < 4.78 is 5.43. The van der Waals surface area contributed by atoms with Gasteiger partial charge in [0.05, 0.1) is 5.92 Å². The zero-order chi connectivity index (χ0) is 14.1. The summed E-state index contributed by atoms with van der Waals surface area (Å²) in [7, 11) is 0. The summed E-state index contributed by atoms with van der Waals surface area (Å²) in [5, 5.41) is 3.33. The van der Waals surface area contributed by atoms with E-state index in [2.05, 4.69) is 12.2 Å². The van der Waals surface area contributed by atoms with Crippen molar-refractivity contribution < 1.29 is 9.53 Å². The number of unbranched alkanes of at least 4 members (excludes halogenated alkanes) is 1. The number of anilines is 1. The van der Waals surface area contributed by atoms with E-state index in [-0.39, 0.29) is 11.9 Å². The second-order valence-electron chi connectivity index (χ2n) is 4.74. The molecule has 106 valence electrons. The molecule has 1 N–H and O–H groups in total. The van der Waals surface area contributed by atoms with Gasteiger partial charge in [0, 0.05) is 18.3 Å². The lowest BCUT2D eigenvalue weighted by atomic mass is 10.0. The number of nitrogens with one attached hydrogen (secondary N) is 1. The van der Waals surface area contributed by atoms with Crippen LogP contribution in [0.1, 0.15) is 46.5 Å².